The molecule has 3 rings (SSSR count). The average molecular weight is 316 g/mol. The van der Waals surface area contributed by atoms with Gasteiger partial charge in [0.15, 0.2) is 0 Å². The normalized spacial score (nSPS) is 22.9. The summed E-state index contributed by atoms with van der Waals surface area (Å²) in [7, 11) is 0. The van der Waals surface area contributed by atoms with Crippen LogP contribution in [-0.2, 0) is 13.0 Å². The minimum atomic E-state index is -0.241. The van der Waals surface area contributed by atoms with E-state index < -0.39 is 0 Å². The first kappa shape index (κ1) is 15.7. The van der Waals surface area contributed by atoms with Crippen LogP contribution in [0.15, 0.2) is 29.6 Å². The van der Waals surface area contributed by atoms with Gasteiger partial charge in [0, 0.05) is 18.0 Å². The lowest BCUT2D eigenvalue weighted by Crippen LogP contribution is -2.48. The van der Waals surface area contributed by atoms with Gasteiger partial charge in [0.2, 0.25) is 0 Å². The van der Waals surface area contributed by atoms with Crippen LogP contribution >= 0.6 is 11.3 Å². The molecule has 0 spiro atoms. The van der Waals surface area contributed by atoms with Gasteiger partial charge in [-0.1, -0.05) is 29.8 Å². The number of piperidine rings is 1. The molecule has 22 heavy (non-hydrogen) atoms. The van der Waals surface area contributed by atoms with E-state index in [4.69, 9.17) is 0 Å². The zero-order valence-electron chi connectivity index (χ0n) is 13.3. The fraction of sp³-hybridized carbons (Fsp3) is 0.500. The Morgan fingerprint density at radius 1 is 1.27 bits per heavy atom. The van der Waals surface area contributed by atoms with Crippen molar-refractivity contribution in [2.24, 2.45) is 0 Å². The first-order valence-corrected chi connectivity index (χ1v) is 8.88. The van der Waals surface area contributed by atoms with Gasteiger partial charge < -0.3 is 5.11 Å². The number of thiazole rings is 1. The van der Waals surface area contributed by atoms with E-state index in [2.05, 4.69) is 46.5 Å². The number of aryl methyl sites for hydroxylation is 2. The summed E-state index contributed by atoms with van der Waals surface area (Å²) < 4.78 is 0. The van der Waals surface area contributed by atoms with E-state index in [0.717, 1.165) is 43.1 Å². The van der Waals surface area contributed by atoms with Gasteiger partial charge in [-0.15, -0.1) is 11.3 Å². The summed E-state index contributed by atoms with van der Waals surface area (Å²) in [6, 6.07) is 8.86. The van der Waals surface area contributed by atoms with Crippen LogP contribution in [-0.4, -0.2) is 33.7 Å². The predicted octanol–water partition coefficient (Wildman–Crippen LogP) is 3.33. The highest BCUT2D eigenvalue weighted by atomic mass is 32.1. The third kappa shape index (κ3) is 3.75. The average Bonchev–Trinajstić information content (AvgIpc) is 2.90. The molecule has 1 aliphatic rings. The molecule has 3 nitrogen and oxygen atoms in total. The Morgan fingerprint density at radius 3 is 2.73 bits per heavy atom. The molecule has 0 radical (unpaired) electrons. The Balaban J connectivity index is 1.73. The number of benzene rings is 1. The number of hydrogen-bond acceptors (Lipinski definition) is 4. The van der Waals surface area contributed by atoms with Crippen LogP contribution in [0.5, 0.6) is 0 Å². The van der Waals surface area contributed by atoms with Crippen LogP contribution in [0, 0.1) is 13.8 Å². The van der Waals surface area contributed by atoms with Crippen molar-refractivity contribution < 1.29 is 5.11 Å². The van der Waals surface area contributed by atoms with Gasteiger partial charge in [0.25, 0.3) is 0 Å². The Morgan fingerprint density at radius 2 is 2.05 bits per heavy atom. The van der Waals surface area contributed by atoms with Crippen LogP contribution in [0.2, 0.25) is 0 Å². The van der Waals surface area contributed by atoms with E-state index in [9.17, 15) is 5.11 Å². The number of hydrogen-bond donors (Lipinski definition) is 1. The first-order valence-electron chi connectivity index (χ1n) is 8.00. The molecule has 0 bridgehead atoms. The lowest BCUT2D eigenvalue weighted by atomic mass is 9.92. The molecule has 1 saturated heterocycles. The first-order chi connectivity index (χ1) is 10.6. The van der Waals surface area contributed by atoms with Gasteiger partial charge in [-0.05, 0) is 45.2 Å². The fourth-order valence-corrected chi connectivity index (χ4v) is 3.82. The van der Waals surface area contributed by atoms with Crippen molar-refractivity contribution in [1.29, 1.82) is 0 Å². The minimum Gasteiger partial charge on any atom is -0.391 e. The molecular formula is C18H24N2OS. The van der Waals surface area contributed by atoms with Crippen LogP contribution in [0.3, 0.4) is 0 Å². The van der Waals surface area contributed by atoms with Crippen molar-refractivity contribution >= 4 is 11.3 Å². The second-order valence-corrected chi connectivity index (χ2v) is 7.36. The fourth-order valence-electron chi connectivity index (χ4n) is 3.22. The van der Waals surface area contributed by atoms with Crippen LogP contribution in [0.25, 0.3) is 0 Å². The topological polar surface area (TPSA) is 36.4 Å². The number of rotatable bonds is 4. The molecule has 118 valence electrons. The summed E-state index contributed by atoms with van der Waals surface area (Å²) in [6.45, 7) is 6.04. The number of aliphatic hydroxyl groups excluding tert-OH is 1. The third-order valence-corrected chi connectivity index (χ3v) is 5.28. The highest BCUT2D eigenvalue weighted by molar-refractivity contribution is 7.09. The lowest BCUT2D eigenvalue weighted by Gasteiger charge is -2.39. The molecule has 2 atom stereocenters. The summed E-state index contributed by atoms with van der Waals surface area (Å²) in [5.41, 5.74) is 3.71. The molecule has 1 aromatic carbocycles. The molecule has 2 heterocycles. The molecule has 1 aliphatic heterocycles. The van der Waals surface area contributed by atoms with E-state index >= 15 is 0 Å². The van der Waals surface area contributed by atoms with E-state index in [0.29, 0.717) is 0 Å². The monoisotopic (exact) mass is 316 g/mol. The molecule has 0 aliphatic carbocycles. The largest absolute Gasteiger partial charge is 0.391 e. The number of nitrogens with zero attached hydrogens (tertiary/aromatic N) is 2. The van der Waals surface area contributed by atoms with Gasteiger partial charge >= 0.3 is 0 Å². The molecule has 0 unspecified atom stereocenters. The van der Waals surface area contributed by atoms with Crippen molar-refractivity contribution in [2.45, 2.75) is 51.8 Å². The summed E-state index contributed by atoms with van der Waals surface area (Å²) in [6.07, 6.45) is 2.64. The Labute approximate surface area is 136 Å². The Kier molecular flexibility index (Phi) is 4.91. The van der Waals surface area contributed by atoms with Gasteiger partial charge in [0.1, 0.15) is 0 Å². The summed E-state index contributed by atoms with van der Waals surface area (Å²) in [5.74, 6) is 0. The smallest absolute Gasteiger partial charge is 0.0897 e. The van der Waals surface area contributed by atoms with Crippen molar-refractivity contribution in [3.05, 3.63) is 51.5 Å². The summed E-state index contributed by atoms with van der Waals surface area (Å²) in [4.78, 5) is 6.98. The molecule has 1 fully saturated rings. The van der Waals surface area contributed by atoms with Crippen LogP contribution in [0.1, 0.15) is 34.7 Å². The maximum absolute atomic E-state index is 10.5. The minimum absolute atomic E-state index is 0.193. The highest BCUT2D eigenvalue weighted by Crippen LogP contribution is 2.24. The summed E-state index contributed by atoms with van der Waals surface area (Å²) in [5, 5.41) is 13.7. The van der Waals surface area contributed by atoms with E-state index in [1.54, 1.807) is 11.3 Å². The van der Waals surface area contributed by atoms with Crippen molar-refractivity contribution in [2.75, 3.05) is 6.54 Å². The highest BCUT2D eigenvalue weighted by Gasteiger charge is 2.30. The quantitative estimate of drug-likeness (QED) is 0.940. The maximum Gasteiger partial charge on any atom is 0.0897 e. The second-order valence-electron chi connectivity index (χ2n) is 6.29. The second kappa shape index (κ2) is 6.90. The van der Waals surface area contributed by atoms with Crippen LogP contribution in [0.4, 0.5) is 0 Å². The molecule has 1 N–H and O–H groups in total. The molecule has 4 heteroatoms. The molecule has 1 aromatic heterocycles. The number of likely N-dealkylation sites (tertiary alicyclic amines) is 1. The molecule has 0 amide bonds. The van der Waals surface area contributed by atoms with Crippen molar-refractivity contribution in [1.82, 2.24) is 9.88 Å². The van der Waals surface area contributed by atoms with Gasteiger partial charge in [-0.25, -0.2) is 4.98 Å². The van der Waals surface area contributed by atoms with Crippen molar-refractivity contribution in [3.8, 4) is 0 Å². The van der Waals surface area contributed by atoms with Gasteiger partial charge in [0.05, 0.1) is 16.8 Å². The van der Waals surface area contributed by atoms with Gasteiger partial charge in [-0.2, -0.15) is 0 Å². The Bertz CT molecular complexity index is 608. The predicted molar refractivity (Wildman–Crippen MR) is 91.2 cm³/mol. The summed E-state index contributed by atoms with van der Waals surface area (Å²) >= 11 is 1.70. The molecule has 0 saturated carbocycles. The zero-order valence-corrected chi connectivity index (χ0v) is 14.1. The van der Waals surface area contributed by atoms with E-state index in [-0.39, 0.29) is 12.1 Å². The maximum atomic E-state index is 10.5. The van der Waals surface area contributed by atoms with E-state index in [1.807, 2.05) is 6.92 Å². The SMILES string of the molecule is Cc1ccc(C[C@H]2[C@@H](O)CCCN2Cc2csc(C)n2)cc1. The van der Waals surface area contributed by atoms with Crippen molar-refractivity contribution in [3.63, 3.8) is 0 Å². The zero-order chi connectivity index (χ0) is 15.5. The van der Waals surface area contributed by atoms with Crippen LogP contribution < -0.4 is 0 Å². The molecule has 2 aromatic rings. The lowest BCUT2D eigenvalue weighted by molar-refractivity contribution is 0.00622. The van der Waals surface area contributed by atoms with E-state index in [1.165, 1.54) is 11.1 Å². The number of aromatic nitrogens is 1. The Hall–Kier alpha value is -1.23. The molecular weight excluding hydrogens is 292 g/mol. The van der Waals surface area contributed by atoms with Gasteiger partial charge in [-0.3, -0.25) is 4.90 Å². The number of aliphatic hydroxyl groups is 1. The standard InChI is InChI=1S/C18H24N2OS/c1-13-5-7-15(8-6-13)10-17-18(21)4-3-9-20(17)11-16-12-22-14(2)19-16/h5-8,12,17-18,21H,3-4,9-11H2,1-2H3/t17-,18-/m0/s1. The third-order valence-electron chi connectivity index (χ3n) is 4.46.